The summed E-state index contributed by atoms with van der Waals surface area (Å²) in [6.07, 6.45) is -0.791. The maximum absolute atomic E-state index is 11.1. The van der Waals surface area contributed by atoms with Crippen LogP contribution in [-0.4, -0.2) is 12.8 Å². The van der Waals surface area contributed by atoms with Crippen LogP contribution in [0.4, 0.5) is 4.79 Å². The summed E-state index contributed by atoms with van der Waals surface area (Å²) in [4.78, 5) is 11.1. The van der Waals surface area contributed by atoms with Crippen molar-refractivity contribution in [2.75, 3.05) is 6.61 Å². The fourth-order valence-corrected chi connectivity index (χ4v) is 1.48. The van der Waals surface area contributed by atoms with Gasteiger partial charge in [-0.2, -0.15) is 0 Å². The second-order valence-corrected chi connectivity index (χ2v) is 4.22. The fourth-order valence-electron chi connectivity index (χ4n) is 0.955. The number of halogens is 3. The molecule has 17 heavy (non-hydrogen) atoms. The Labute approximate surface area is 123 Å². The minimum Gasteiger partial charge on any atom is -0.429 e. The van der Waals surface area contributed by atoms with E-state index in [1.54, 1.807) is 18.2 Å². The zero-order valence-electron chi connectivity index (χ0n) is 8.50. The minimum absolute atomic E-state index is 0.00501. The summed E-state index contributed by atoms with van der Waals surface area (Å²) in [6, 6.07) is 4.92. The molecule has 0 unspecified atom stereocenters. The van der Waals surface area contributed by atoms with Crippen molar-refractivity contribution < 1.29 is 14.3 Å². The number of hydrogen-bond donors (Lipinski definition) is 0. The van der Waals surface area contributed by atoms with Crippen molar-refractivity contribution in [3.63, 3.8) is 0 Å². The van der Waals surface area contributed by atoms with Crippen molar-refractivity contribution in [3.05, 3.63) is 33.8 Å². The summed E-state index contributed by atoms with van der Waals surface area (Å²) in [5, 5.41) is 1.01. The third kappa shape index (κ3) is 5.48. The van der Waals surface area contributed by atoms with E-state index in [-0.39, 0.29) is 13.2 Å². The highest BCUT2D eigenvalue weighted by Crippen LogP contribution is 2.21. The molecule has 90 valence electrons. The lowest BCUT2D eigenvalue weighted by molar-refractivity contribution is 0.0589. The Balaban J connectivity index is 2.46. The first-order chi connectivity index (χ1) is 8.13. The second-order valence-electron chi connectivity index (χ2n) is 2.83. The minimum atomic E-state index is -0.791. The lowest BCUT2D eigenvalue weighted by Gasteiger charge is -2.06. The highest BCUT2D eigenvalue weighted by Gasteiger charge is 2.06. The Bertz CT molecular complexity index is 466. The molecule has 0 aliphatic carbocycles. The zero-order valence-corrected chi connectivity index (χ0v) is 12.2. The number of hydrogen-bond acceptors (Lipinski definition) is 3. The molecule has 3 nitrogen and oxygen atoms in total. The molecule has 0 saturated heterocycles. The quantitative estimate of drug-likeness (QED) is 0.448. The normalized spacial score (nSPS) is 9.12. The van der Waals surface area contributed by atoms with E-state index >= 15 is 0 Å². The predicted octanol–water partition coefficient (Wildman–Crippen LogP) is 4.04. The largest absolute Gasteiger partial charge is 0.509 e. The van der Waals surface area contributed by atoms with Crippen LogP contribution in [-0.2, 0) is 16.1 Å². The second kappa shape index (κ2) is 7.64. The van der Waals surface area contributed by atoms with Crippen molar-refractivity contribution in [1.82, 2.24) is 0 Å². The molecule has 0 aliphatic rings. The van der Waals surface area contributed by atoms with Gasteiger partial charge in [-0.05, 0) is 22.1 Å². The first-order valence-corrected chi connectivity index (χ1v) is 6.29. The van der Waals surface area contributed by atoms with E-state index in [0.29, 0.717) is 15.6 Å². The molecule has 0 fully saturated rings. The van der Waals surface area contributed by atoms with Crippen LogP contribution in [0.15, 0.2) is 18.2 Å². The number of benzene rings is 1. The van der Waals surface area contributed by atoms with Crippen molar-refractivity contribution in [2.24, 2.45) is 0 Å². The van der Waals surface area contributed by atoms with E-state index in [1.165, 1.54) is 0 Å². The monoisotopic (exact) mass is 384 g/mol. The Morgan fingerprint density at radius 1 is 1.35 bits per heavy atom. The number of carbonyl (C=O) groups excluding carboxylic acids is 1. The summed E-state index contributed by atoms with van der Waals surface area (Å²) in [7, 11) is 0. The van der Waals surface area contributed by atoms with Crippen LogP contribution < -0.4 is 0 Å². The van der Waals surface area contributed by atoms with Crippen molar-refractivity contribution in [2.45, 2.75) is 6.61 Å². The van der Waals surface area contributed by atoms with Gasteiger partial charge in [0.25, 0.3) is 0 Å². The van der Waals surface area contributed by atoms with E-state index in [9.17, 15) is 4.79 Å². The maximum Gasteiger partial charge on any atom is 0.509 e. The first kappa shape index (κ1) is 14.4. The molecule has 0 aromatic heterocycles. The van der Waals surface area contributed by atoms with Crippen LogP contribution in [0.25, 0.3) is 0 Å². The SMILES string of the molecule is O=C(OCC#CI)OCc1cc(Cl)ccc1Cl. The highest BCUT2D eigenvalue weighted by atomic mass is 127. The third-order valence-electron chi connectivity index (χ3n) is 1.68. The van der Waals surface area contributed by atoms with Gasteiger partial charge in [-0.25, -0.2) is 4.79 Å². The molecule has 6 heteroatoms. The summed E-state index contributed by atoms with van der Waals surface area (Å²) >= 11 is 13.5. The van der Waals surface area contributed by atoms with Gasteiger partial charge in [0.05, 0.1) is 0 Å². The maximum atomic E-state index is 11.1. The van der Waals surface area contributed by atoms with Gasteiger partial charge in [0.2, 0.25) is 0 Å². The molecule has 1 aromatic carbocycles. The average Bonchev–Trinajstić information content (AvgIpc) is 2.31. The molecule has 0 atom stereocenters. The van der Waals surface area contributed by atoms with Crippen LogP contribution in [0, 0.1) is 9.85 Å². The van der Waals surface area contributed by atoms with E-state index < -0.39 is 6.16 Å². The molecule has 0 radical (unpaired) electrons. The topological polar surface area (TPSA) is 35.5 Å². The molecular formula is C11H7Cl2IO3. The van der Waals surface area contributed by atoms with E-state index in [4.69, 9.17) is 27.9 Å². The lowest BCUT2D eigenvalue weighted by atomic mass is 10.2. The van der Waals surface area contributed by atoms with Gasteiger partial charge in [-0.1, -0.05) is 29.1 Å². The van der Waals surface area contributed by atoms with Crippen molar-refractivity contribution >= 4 is 51.9 Å². The molecule has 1 rings (SSSR count). The fraction of sp³-hybridized carbons (Fsp3) is 0.182. The van der Waals surface area contributed by atoms with Gasteiger partial charge in [0, 0.05) is 38.2 Å². The van der Waals surface area contributed by atoms with E-state index in [0.717, 1.165) is 0 Å². The molecule has 0 spiro atoms. The summed E-state index contributed by atoms with van der Waals surface area (Å²) < 4.78 is 12.1. The molecular weight excluding hydrogens is 378 g/mol. The average molecular weight is 385 g/mol. The number of ether oxygens (including phenoxy) is 2. The van der Waals surface area contributed by atoms with Crippen LogP contribution >= 0.6 is 45.8 Å². The van der Waals surface area contributed by atoms with Gasteiger partial charge in [-0.3, -0.25) is 0 Å². The smallest absolute Gasteiger partial charge is 0.429 e. The molecule has 0 heterocycles. The highest BCUT2D eigenvalue weighted by molar-refractivity contribution is 14.1. The Morgan fingerprint density at radius 3 is 2.82 bits per heavy atom. The Morgan fingerprint density at radius 2 is 2.12 bits per heavy atom. The number of carbonyl (C=O) groups is 1. The molecule has 0 N–H and O–H groups in total. The van der Waals surface area contributed by atoms with Crippen molar-refractivity contribution in [3.8, 4) is 9.85 Å². The van der Waals surface area contributed by atoms with E-state index in [2.05, 4.69) is 14.6 Å². The Kier molecular flexibility index (Phi) is 6.48. The molecule has 0 bridgehead atoms. The first-order valence-electron chi connectivity index (χ1n) is 4.45. The van der Waals surface area contributed by atoms with Gasteiger partial charge in [-0.15, -0.1) is 0 Å². The zero-order chi connectivity index (χ0) is 12.7. The summed E-state index contributed by atoms with van der Waals surface area (Å²) in [5.74, 6) is 2.56. The molecule has 0 saturated carbocycles. The van der Waals surface area contributed by atoms with Crippen molar-refractivity contribution in [1.29, 1.82) is 0 Å². The molecule has 1 aromatic rings. The lowest BCUT2D eigenvalue weighted by Crippen LogP contribution is -2.07. The van der Waals surface area contributed by atoms with Crippen LogP contribution in [0.5, 0.6) is 0 Å². The predicted molar refractivity (Wildman–Crippen MR) is 74.4 cm³/mol. The van der Waals surface area contributed by atoms with Crippen LogP contribution in [0.3, 0.4) is 0 Å². The van der Waals surface area contributed by atoms with E-state index in [1.807, 2.05) is 22.6 Å². The van der Waals surface area contributed by atoms with Gasteiger partial charge in [0.1, 0.15) is 6.61 Å². The third-order valence-corrected chi connectivity index (χ3v) is 2.67. The van der Waals surface area contributed by atoms with Crippen LogP contribution in [0.2, 0.25) is 10.0 Å². The van der Waals surface area contributed by atoms with Gasteiger partial charge in [0.15, 0.2) is 6.61 Å². The molecule has 0 aliphatic heterocycles. The van der Waals surface area contributed by atoms with Gasteiger partial charge >= 0.3 is 6.16 Å². The summed E-state index contributed by atoms with van der Waals surface area (Å²) in [5.41, 5.74) is 0.621. The van der Waals surface area contributed by atoms with Crippen LogP contribution in [0.1, 0.15) is 5.56 Å². The standard InChI is InChI=1S/C11H7Cl2IO3/c12-9-2-3-10(13)8(6-9)7-17-11(15)16-5-1-4-14/h2-3,6H,5,7H2. The number of rotatable bonds is 3. The molecule has 0 amide bonds. The van der Waals surface area contributed by atoms with Gasteiger partial charge < -0.3 is 9.47 Å². The summed E-state index contributed by atoms with van der Waals surface area (Å²) in [6.45, 7) is 0.0148. The Hall–Kier alpha value is -0.640.